The van der Waals surface area contributed by atoms with E-state index in [1.54, 1.807) is 0 Å². The lowest BCUT2D eigenvalue weighted by Crippen LogP contribution is -1.93. The Balaban J connectivity index is 1.59. The fraction of sp³-hybridized carbons (Fsp3) is 0. The largest absolute Gasteiger partial charge is 0.306 e. The van der Waals surface area contributed by atoms with Crippen molar-refractivity contribution in [3.63, 3.8) is 0 Å². The second-order valence-electron chi connectivity index (χ2n) is 8.39. The Morgan fingerprint density at radius 3 is 2.06 bits per heavy atom. The SMILES string of the molecule is c1ccc2c(c1)sc1c(-n3c4cccnc4c4c5sc6ccccc6c5ccc43)cccc12. The third-order valence-corrected chi connectivity index (χ3v) is 9.07. The molecule has 0 aliphatic carbocycles. The Morgan fingerprint density at radius 2 is 1.24 bits per heavy atom. The first-order valence-corrected chi connectivity index (χ1v) is 12.6. The van der Waals surface area contributed by atoms with Gasteiger partial charge in [-0.05, 0) is 36.4 Å². The van der Waals surface area contributed by atoms with Crippen molar-refractivity contribution in [1.29, 1.82) is 0 Å². The highest BCUT2D eigenvalue weighted by Crippen LogP contribution is 2.44. The number of pyridine rings is 1. The quantitative estimate of drug-likeness (QED) is 0.241. The summed E-state index contributed by atoms with van der Waals surface area (Å²) < 4.78 is 7.70. The standard InChI is InChI=1S/C29H16N2S2/c1-3-12-24-17(7-1)19-9-5-10-23(28(19)32-24)31-21-15-14-20-18-8-2-4-13-25(18)33-29(20)26(21)27-22(31)11-6-16-30-27/h1-16H. The third kappa shape index (κ3) is 2.29. The van der Waals surface area contributed by atoms with E-state index in [4.69, 9.17) is 4.98 Å². The van der Waals surface area contributed by atoms with E-state index >= 15 is 0 Å². The summed E-state index contributed by atoms with van der Waals surface area (Å²) in [4.78, 5) is 4.89. The lowest BCUT2D eigenvalue weighted by molar-refractivity contribution is 1.20. The Morgan fingerprint density at radius 1 is 0.545 bits per heavy atom. The van der Waals surface area contributed by atoms with Crippen LogP contribution in [0.2, 0.25) is 0 Å². The lowest BCUT2D eigenvalue weighted by Gasteiger charge is -2.09. The first-order valence-electron chi connectivity index (χ1n) is 11.0. The molecule has 0 saturated carbocycles. The van der Waals surface area contributed by atoms with E-state index < -0.39 is 0 Å². The van der Waals surface area contributed by atoms with Crippen LogP contribution in [0.5, 0.6) is 0 Å². The monoisotopic (exact) mass is 456 g/mol. The van der Waals surface area contributed by atoms with Crippen LogP contribution in [-0.2, 0) is 0 Å². The van der Waals surface area contributed by atoms with Gasteiger partial charge in [0.15, 0.2) is 0 Å². The molecule has 4 aromatic carbocycles. The lowest BCUT2D eigenvalue weighted by atomic mass is 10.1. The van der Waals surface area contributed by atoms with Gasteiger partial charge in [-0.3, -0.25) is 4.98 Å². The number of nitrogens with zero attached hydrogens (tertiary/aromatic N) is 2. The molecule has 0 fully saturated rings. The van der Waals surface area contributed by atoms with Gasteiger partial charge in [0, 0.05) is 47.2 Å². The molecular formula is C29H16N2S2. The van der Waals surface area contributed by atoms with E-state index in [1.165, 1.54) is 56.9 Å². The van der Waals surface area contributed by atoms with Gasteiger partial charge in [-0.25, -0.2) is 0 Å². The minimum atomic E-state index is 1.07. The molecule has 0 aliphatic rings. The molecule has 0 radical (unpaired) electrons. The zero-order valence-electron chi connectivity index (χ0n) is 17.4. The first-order chi connectivity index (χ1) is 16.4. The number of hydrogen-bond donors (Lipinski definition) is 0. The van der Waals surface area contributed by atoms with Crippen LogP contribution in [0.15, 0.2) is 97.2 Å². The first kappa shape index (κ1) is 17.8. The highest BCUT2D eigenvalue weighted by Gasteiger charge is 2.20. The molecule has 0 unspecified atom stereocenters. The van der Waals surface area contributed by atoms with Crippen molar-refractivity contribution in [2.45, 2.75) is 0 Å². The number of aromatic nitrogens is 2. The summed E-state index contributed by atoms with van der Waals surface area (Å²) in [5.74, 6) is 0. The predicted octanol–water partition coefficient (Wildman–Crippen LogP) is 8.91. The van der Waals surface area contributed by atoms with Crippen LogP contribution >= 0.6 is 22.7 Å². The fourth-order valence-electron chi connectivity index (χ4n) is 5.26. The van der Waals surface area contributed by atoms with E-state index in [9.17, 15) is 0 Å². The number of hydrogen-bond acceptors (Lipinski definition) is 3. The van der Waals surface area contributed by atoms with Crippen LogP contribution in [0.25, 0.3) is 68.0 Å². The second kappa shape index (κ2) is 6.41. The van der Waals surface area contributed by atoms with Crippen molar-refractivity contribution in [2.24, 2.45) is 0 Å². The molecule has 0 amide bonds. The van der Waals surface area contributed by atoms with E-state index in [1.807, 2.05) is 34.9 Å². The number of thiophene rings is 2. The van der Waals surface area contributed by atoms with Gasteiger partial charge < -0.3 is 4.57 Å². The fourth-order valence-corrected chi connectivity index (χ4v) is 7.71. The van der Waals surface area contributed by atoms with Crippen molar-refractivity contribution in [3.8, 4) is 5.69 Å². The van der Waals surface area contributed by atoms with Crippen LogP contribution in [0.3, 0.4) is 0 Å². The normalized spacial score (nSPS) is 12.2. The van der Waals surface area contributed by atoms with Crippen LogP contribution in [-0.4, -0.2) is 9.55 Å². The summed E-state index contributed by atoms with van der Waals surface area (Å²) in [5.41, 5.74) is 4.67. The summed E-state index contributed by atoms with van der Waals surface area (Å²) in [6.45, 7) is 0. The van der Waals surface area contributed by atoms with E-state index in [2.05, 4.69) is 89.5 Å². The molecule has 2 nitrogen and oxygen atoms in total. The van der Waals surface area contributed by atoms with Crippen molar-refractivity contribution < 1.29 is 0 Å². The van der Waals surface area contributed by atoms with Gasteiger partial charge in [0.25, 0.3) is 0 Å². The Bertz CT molecular complexity index is 2040. The van der Waals surface area contributed by atoms with Gasteiger partial charge in [0.1, 0.15) is 0 Å². The van der Waals surface area contributed by atoms with Gasteiger partial charge in [-0.1, -0.05) is 54.6 Å². The number of rotatable bonds is 1. The molecule has 0 bridgehead atoms. The zero-order valence-corrected chi connectivity index (χ0v) is 19.1. The summed E-state index contributed by atoms with van der Waals surface area (Å²) >= 11 is 3.74. The maximum atomic E-state index is 4.89. The molecule has 0 spiro atoms. The molecule has 8 rings (SSSR count). The molecule has 4 heteroatoms. The highest BCUT2D eigenvalue weighted by molar-refractivity contribution is 7.27. The Labute approximate surface area is 196 Å². The van der Waals surface area contributed by atoms with Gasteiger partial charge in [0.2, 0.25) is 0 Å². The average Bonchev–Trinajstić information content (AvgIpc) is 3.53. The summed E-state index contributed by atoms with van der Waals surface area (Å²) in [6.07, 6.45) is 1.91. The van der Waals surface area contributed by atoms with Gasteiger partial charge in [-0.15, -0.1) is 22.7 Å². The smallest absolute Gasteiger partial charge is 0.0977 e. The minimum absolute atomic E-state index is 1.07. The van der Waals surface area contributed by atoms with Crippen molar-refractivity contribution in [2.75, 3.05) is 0 Å². The molecule has 154 valence electrons. The Kier molecular flexibility index (Phi) is 3.45. The highest BCUT2D eigenvalue weighted by atomic mass is 32.1. The molecule has 0 saturated heterocycles. The van der Waals surface area contributed by atoms with Gasteiger partial charge in [-0.2, -0.15) is 0 Å². The van der Waals surface area contributed by atoms with Crippen LogP contribution < -0.4 is 0 Å². The van der Waals surface area contributed by atoms with Gasteiger partial charge >= 0.3 is 0 Å². The molecule has 33 heavy (non-hydrogen) atoms. The third-order valence-electron chi connectivity index (χ3n) is 6.65. The average molecular weight is 457 g/mol. The minimum Gasteiger partial charge on any atom is -0.306 e. The molecule has 0 aliphatic heterocycles. The van der Waals surface area contributed by atoms with Crippen molar-refractivity contribution >= 4 is 85.0 Å². The molecule has 8 aromatic rings. The van der Waals surface area contributed by atoms with E-state index in [0.717, 1.165) is 11.0 Å². The molecular weight excluding hydrogens is 440 g/mol. The molecule has 4 aromatic heterocycles. The van der Waals surface area contributed by atoms with Crippen LogP contribution in [0.4, 0.5) is 0 Å². The molecule has 0 N–H and O–H groups in total. The molecule has 4 heterocycles. The van der Waals surface area contributed by atoms with E-state index in [0.29, 0.717) is 0 Å². The van der Waals surface area contributed by atoms with Crippen LogP contribution in [0, 0.1) is 0 Å². The van der Waals surface area contributed by atoms with Crippen molar-refractivity contribution in [1.82, 2.24) is 9.55 Å². The topological polar surface area (TPSA) is 17.8 Å². The maximum Gasteiger partial charge on any atom is 0.0977 e. The summed E-state index contributed by atoms with van der Waals surface area (Å²) in [6, 6.07) is 32.9. The van der Waals surface area contributed by atoms with E-state index in [-0.39, 0.29) is 0 Å². The summed E-state index contributed by atoms with van der Waals surface area (Å²) in [7, 11) is 0. The molecule has 0 atom stereocenters. The zero-order chi connectivity index (χ0) is 21.5. The number of fused-ring (bicyclic) bond motifs is 10. The van der Waals surface area contributed by atoms with Crippen molar-refractivity contribution in [3.05, 3.63) is 97.2 Å². The Hall–Kier alpha value is -3.73. The number of benzene rings is 4. The van der Waals surface area contributed by atoms with Gasteiger partial charge in [0.05, 0.1) is 26.9 Å². The predicted molar refractivity (Wildman–Crippen MR) is 144 cm³/mol. The summed E-state index contributed by atoms with van der Waals surface area (Å²) in [5, 5.41) is 6.53. The maximum absolute atomic E-state index is 4.89. The second-order valence-corrected chi connectivity index (χ2v) is 10.5. The van der Waals surface area contributed by atoms with Crippen LogP contribution in [0.1, 0.15) is 0 Å².